The summed E-state index contributed by atoms with van der Waals surface area (Å²) in [5, 5.41) is 3.81. The van der Waals surface area contributed by atoms with Crippen LogP contribution >= 0.6 is 0 Å². The number of hydrogen-bond donors (Lipinski definition) is 1. The Morgan fingerprint density at radius 1 is 1.22 bits per heavy atom. The number of hydrogen-bond acceptors (Lipinski definition) is 2. The summed E-state index contributed by atoms with van der Waals surface area (Å²) in [6.45, 7) is 11.7. The van der Waals surface area contributed by atoms with Crippen LogP contribution in [0.5, 0.6) is 0 Å². The molecule has 1 aromatic rings. The van der Waals surface area contributed by atoms with Gasteiger partial charge in [-0.1, -0.05) is 60.6 Å². The van der Waals surface area contributed by atoms with Crippen molar-refractivity contribution in [1.82, 2.24) is 10.2 Å². The molecular weight excluding hydrogens is 328 g/mol. The van der Waals surface area contributed by atoms with Crippen molar-refractivity contribution in [1.29, 1.82) is 0 Å². The van der Waals surface area contributed by atoms with Crippen molar-refractivity contribution < 1.29 is 0 Å². The molecule has 0 amide bonds. The maximum absolute atomic E-state index is 3.81. The highest BCUT2D eigenvalue weighted by Gasteiger charge is 2.20. The SMILES string of the molecule is Cc1cccc(CN2CCC(CNC(C)CCC3=CC=CCC3C)CC2)c1. The van der Waals surface area contributed by atoms with E-state index in [-0.39, 0.29) is 0 Å². The molecule has 1 fully saturated rings. The van der Waals surface area contributed by atoms with E-state index in [9.17, 15) is 0 Å². The highest BCUT2D eigenvalue weighted by molar-refractivity contribution is 5.22. The minimum absolute atomic E-state index is 0.620. The minimum Gasteiger partial charge on any atom is -0.314 e. The monoisotopic (exact) mass is 366 g/mol. The van der Waals surface area contributed by atoms with Crippen molar-refractivity contribution >= 4 is 0 Å². The molecule has 1 aliphatic carbocycles. The summed E-state index contributed by atoms with van der Waals surface area (Å²) >= 11 is 0. The maximum Gasteiger partial charge on any atom is 0.0233 e. The summed E-state index contributed by atoms with van der Waals surface area (Å²) in [6.07, 6.45) is 13.3. The van der Waals surface area contributed by atoms with Crippen molar-refractivity contribution in [3.05, 3.63) is 59.2 Å². The van der Waals surface area contributed by atoms with E-state index in [4.69, 9.17) is 0 Å². The first-order chi connectivity index (χ1) is 13.1. The molecule has 0 aromatic heterocycles. The van der Waals surface area contributed by atoms with E-state index in [2.05, 4.69) is 73.5 Å². The second-order valence-corrected chi connectivity index (χ2v) is 8.86. The fourth-order valence-electron chi connectivity index (χ4n) is 4.39. The Bertz CT molecular complexity index is 637. The molecule has 27 heavy (non-hydrogen) atoms. The van der Waals surface area contributed by atoms with E-state index in [0.29, 0.717) is 6.04 Å². The van der Waals surface area contributed by atoms with Crippen LogP contribution in [0, 0.1) is 18.8 Å². The summed E-state index contributed by atoms with van der Waals surface area (Å²) in [4.78, 5) is 2.62. The molecule has 0 bridgehead atoms. The van der Waals surface area contributed by atoms with Gasteiger partial charge in [-0.3, -0.25) is 4.90 Å². The van der Waals surface area contributed by atoms with Crippen LogP contribution in [0.25, 0.3) is 0 Å². The van der Waals surface area contributed by atoms with E-state index in [0.717, 1.165) is 18.4 Å². The van der Waals surface area contributed by atoms with Gasteiger partial charge in [0.2, 0.25) is 0 Å². The van der Waals surface area contributed by atoms with Crippen LogP contribution in [-0.4, -0.2) is 30.6 Å². The predicted molar refractivity (Wildman–Crippen MR) is 117 cm³/mol. The first-order valence-corrected chi connectivity index (χ1v) is 11.0. The molecule has 2 nitrogen and oxygen atoms in total. The molecule has 1 aliphatic heterocycles. The molecule has 0 saturated carbocycles. The molecule has 2 aliphatic rings. The normalized spacial score (nSPS) is 22.6. The van der Waals surface area contributed by atoms with Crippen molar-refractivity contribution in [2.24, 2.45) is 11.8 Å². The predicted octanol–water partition coefficient (Wildman–Crippen LogP) is 5.49. The topological polar surface area (TPSA) is 15.3 Å². The Kier molecular flexibility index (Phi) is 7.72. The van der Waals surface area contributed by atoms with Gasteiger partial charge < -0.3 is 5.32 Å². The van der Waals surface area contributed by atoms with Crippen molar-refractivity contribution in [3.8, 4) is 0 Å². The summed E-state index contributed by atoms with van der Waals surface area (Å²) in [5.74, 6) is 1.58. The molecule has 1 heterocycles. The van der Waals surface area contributed by atoms with Gasteiger partial charge in [-0.2, -0.15) is 0 Å². The molecule has 2 unspecified atom stereocenters. The number of nitrogens with one attached hydrogen (secondary N) is 1. The van der Waals surface area contributed by atoms with E-state index >= 15 is 0 Å². The van der Waals surface area contributed by atoms with Crippen LogP contribution in [0.15, 0.2) is 48.1 Å². The minimum atomic E-state index is 0.620. The standard InChI is InChI=1S/C25H38N2/c1-20-7-6-9-24(17-20)19-27-15-13-23(14-16-27)18-26-22(3)11-12-25-10-5-4-8-21(25)2/h4-7,9-10,17,21-23,26H,8,11-16,18-19H2,1-3H3. The quantitative estimate of drug-likeness (QED) is 0.654. The highest BCUT2D eigenvalue weighted by atomic mass is 15.1. The molecule has 1 aromatic carbocycles. The third kappa shape index (κ3) is 6.62. The van der Waals surface area contributed by atoms with E-state index in [1.54, 1.807) is 5.57 Å². The number of allylic oxidation sites excluding steroid dienone is 4. The van der Waals surface area contributed by atoms with Crippen LogP contribution in [0.4, 0.5) is 0 Å². The van der Waals surface area contributed by atoms with Gasteiger partial charge in [0.05, 0.1) is 0 Å². The van der Waals surface area contributed by atoms with Gasteiger partial charge >= 0.3 is 0 Å². The van der Waals surface area contributed by atoms with Gasteiger partial charge in [0.25, 0.3) is 0 Å². The van der Waals surface area contributed by atoms with Gasteiger partial charge in [-0.15, -0.1) is 0 Å². The molecule has 2 heteroatoms. The second kappa shape index (κ2) is 10.2. The molecule has 1 N–H and O–H groups in total. The first-order valence-electron chi connectivity index (χ1n) is 11.0. The number of rotatable bonds is 8. The van der Waals surface area contributed by atoms with Crippen LogP contribution < -0.4 is 5.32 Å². The lowest BCUT2D eigenvalue weighted by Crippen LogP contribution is -2.39. The number of piperidine rings is 1. The molecular formula is C25H38N2. The van der Waals surface area contributed by atoms with Crippen molar-refractivity contribution in [2.75, 3.05) is 19.6 Å². The second-order valence-electron chi connectivity index (χ2n) is 8.86. The average molecular weight is 367 g/mol. The Morgan fingerprint density at radius 2 is 2.04 bits per heavy atom. The smallest absolute Gasteiger partial charge is 0.0233 e. The van der Waals surface area contributed by atoms with Gasteiger partial charge in [-0.25, -0.2) is 0 Å². The lowest BCUT2D eigenvalue weighted by Gasteiger charge is -2.32. The zero-order valence-corrected chi connectivity index (χ0v) is 17.6. The Labute approximate surface area is 166 Å². The Morgan fingerprint density at radius 3 is 2.78 bits per heavy atom. The van der Waals surface area contributed by atoms with Crippen LogP contribution in [0.3, 0.4) is 0 Å². The fraction of sp³-hybridized carbons (Fsp3) is 0.600. The van der Waals surface area contributed by atoms with Crippen molar-refractivity contribution in [3.63, 3.8) is 0 Å². The largest absolute Gasteiger partial charge is 0.314 e. The lowest BCUT2D eigenvalue weighted by atomic mass is 9.89. The van der Waals surface area contributed by atoms with Gasteiger partial charge in [0.1, 0.15) is 0 Å². The van der Waals surface area contributed by atoms with Crippen LogP contribution in [-0.2, 0) is 6.54 Å². The summed E-state index contributed by atoms with van der Waals surface area (Å²) in [5.41, 5.74) is 4.46. The number of aryl methyl sites for hydroxylation is 1. The zero-order chi connectivity index (χ0) is 19.1. The third-order valence-corrected chi connectivity index (χ3v) is 6.39. The third-order valence-electron chi connectivity index (χ3n) is 6.39. The van der Waals surface area contributed by atoms with Gasteiger partial charge in [0.15, 0.2) is 0 Å². The highest BCUT2D eigenvalue weighted by Crippen LogP contribution is 2.24. The molecule has 0 spiro atoms. The van der Waals surface area contributed by atoms with E-state index in [1.807, 2.05) is 0 Å². The molecule has 2 atom stereocenters. The van der Waals surface area contributed by atoms with E-state index < -0.39 is 0 Å². The van der Waals surface area contributed by atoms with Crippen molar-refractivity contribution in [2.45, 2.75) is 65.5 Å². The number of benzene rings is 1. The fourth-order valence-corrected chi connectivity index (χ4v) is 4.39. The average Bonchev–Trinajstić information content (AvgIpc) is 2.67. The molecule has 0 radical (unpaired) electrons. The number of likely N-dealkylation sites (tertiary alicyclic amines) is 1. The molecule has 3 rings (SSSR count). The summed E-state index contributed by atoms with van der Waals surface area (Å²) in [7, 11) is 0. The first kappa shape index (κ1) is 20.4. The van der Waals surface area contributed by atoms with E-state index in [1.165, 1.54) is 62.9 Å². The molecule has 148 valence electrons. The molecule has 1 saturated heterocycles. The summed E-state index contributed by atoms with van der Waals surface area (Å²) in [6, 6.07) is 9.58. The summed E-state index contributed by atoms with van der Waals surface area (Å²) < 4.78 is 0. The van der Waals surface area contributed by atoms with Crippen LogP contribution in [0.2, 0.25) is 0 Å². The van der Waals surface area contributed by atoms with Gasteiger partial charge in [0, 0.05) is 12.6 Å². The zero-order valence-electron chi connectivity index (χ0n) is 17.6. The lowest BCUT2D eigenvalue weighted by molar-refractivity contribution is 0.173. The number of nitrogens with zero attached hydrogens (tertiary/aromatic N) is 1. The maximum atomic E-state index is 3.81. The Hall–Kier alpha value is -1.38. The Balaban J connectivity index is 1.32. The van der Waals surface area contributed by atoms with Crippen LogP contribution in [0.1, 0.15) is 57.1 Å². The van der Waals surface area contributed by atoms with Gasteiger partial charge in [-0.05, 0) is 83.0 Å².